The molecule has 2 N–H and O–H groups in total. The van der Waals surface area contributed by atoms with Gasteiger partial charge in [-0.2, -0.15) is 0 Å². The van der Waals surface area contributed by atoms with Gasteiger partial charge in [0.1, 0.15) is 5.82 Å². The largest absolute Gasteiger partial charge is 0.379 e. The minimum Gasteiger partial charge on any atom is -0.379 e. The van der Waals surface area contributed by atoms with E-state index < -0.39 is 17.6 Å². The molecule has 1 aliphatic heterocycles. The Balaban J connectivity index is 1.67. The molecule has 2 aromatic rings. The third kappa shape index (κ3) is 5.55. The zero-order valence-corrected chi connectivity index (χ0v) is 17.2. The van der Waals surface area contributed by atoms with E-state index in [2.05, 4.69) is 15.5 Å². The molecule has 30 heavy (non-hydrogen) atoms. The average molecular weight is 414 g/mol. The summed E-state index contributed by atoms with van der Waals surface area (Å²) in [6.07, 6.45) is 0. The summed E-state index contributed by atoms with van der Waals surface area (Å²) in [5.74, 6) is -2.30. The van der Waals surface area contributed by atoms with E-state index in [1.54, 1.807) is 6.07 Å². The molecule has 3 rings (SSSR count). The van der Waals surface area contributed by atoms with Crippen molar-refractivity contribution in [2.24, 2.45) is 0 Å². The van der Waals surface area contributed by atoms with Crippen LogP contribution in [0.5, 0.6) is 0 Å². The van der Waals surface area contributed by atoms with Crippen molar-refractivity contribution in [3.63, 3.8) is 0 Å². The average Bonchev–Trinajstić information content (AvgIpc) is 2.76. The number of hydrogen-bond acceptors (Lipinski definition) is 5. The van der Waals surface area contributed by atoms with Crippen LogP contribution in [0.4, 0.5) is 15.8 Å². The zero-order chi connectivity index (χ0) is 21.5. The van der Waals surface area contributed by atoms with E-state index in [1.165, 1.54) is 18.2 Å². The van der Waals surface area contributed by atoms with Crippen LogP contribution in [0.2, 0.25) is 0 Å². The van der Waals surface area contributed by atoms with Crippen molar-refractivity contribution < 1.29 is 18.7 Å². The summed E-state index contributed by atoms with van der Waals surface area (Å²) in [7, 11) is 3.95. The minimum absolute atomic E-state index is 0.0262. The smallest absolute Gasteiger partial charge is 0.313 e. The molecule has 8 heteroatoms. The highest BCUT2D eigenvalue weighted by Crippen LogP contribution is 2.24. The first-order valence-corrected chi connectivity index (χ1v) is 9.88. The highest BCUT2D eigenvalue weighted by atomic mass is 19.1. The monoisotopic (exact) mass is 414 g/mol. The van der Waals surface area contributed by atoms with Crippen molar-refractivity contribution >= 4 is 23.2 Å². The number of rotatable bonds is 6. The molecular weight excluding hydrogens is 387 g/mol. The van der Waals surface area contributed by atoms with Crippen molar-refractivity contribution in [1.29, 1.82) is 0 Å². The molecule has 0 bridgehead atoms. The van der Waals surface area contributed by atoms with Gasteiger partial charge in [0, 0.05) is 39.4 Å². The molecule has 0 aliphatic carbocycles. The molecule has 2 amide bonds. The molecule has 1 atom stereocenters. The maximum atomic E-state index is 13.7. The van der Waals surface area contributed by atoms with Crippen LogP contribution in [0, 0.1) is 5.82 Å². The SMILES string of the molecule is CN(C)c1ccc([C@H](CNC(=O)C(=O)Nc2ccccc2F)N2CCOCC2)cc1. The van der Waals surface area contributed by atoms with Gasteiger partial charge in [-0.05, 0) is 29.8 Å². The number of anilines is 2. The van der Waals surface area contributed by atoms with Crippen LogP contribution in [0.25, 0.3) is 0 Å². The first kappa shape index (κ1) is 21.7. The standard InChI is InChI=1S/C22H27FN4O3/c1-26(2)17-9-7-16(8-10-17)20(27-11-13-30-14-12-27)15-24-21(28)22(29)25-19-6-4-3-5-18(19)23/h3-10,20H,11-15H2,1-2H3,(H,24,28)(H,25,29)/t20-/m0/s1. The van der Waals surface area contributed by atoms with Crippen LogP contribution in [-0.2, 0) is 14.3 Å². The Labute approximate surface area is 175 Å². The van der Waals surface area contributed by atoms with E-state index in [4.69, 9.17) is 4.74 Å². The number of benzene rings is 2. The Morgan fingerprint density at radius 3 is 2.37 bits per heavy atom. The number of nitrogens with one attached hydrogen (secondary N) is 2. The number of carbonyl (C=O) groups excluding carboxylic acids is 2. The predicted molar refractivity (Wildman–Crippen MR) is 114 cm³/mol. The number of halogens is 1. The molecule has 160 valence electrons. The maximum Gasteiger partial charge on any atom is 0.313 e. The van der Waals surface area contributed by atoms with Crippen LogP contribution in [0.1, 0.15) is 11.6 Å². The molecule has 0 saturated carbocycles. The van der Waals surface area contributed by atoms with E-state index in [1.807, 2.05) is 43.3 Å². The lowest BCUT2D eigenvalue weighted by Crippen LogP contribution is -2.45. The van der Waals surface area contributed by atoms with Crippen LogP contribution in [0.3, 0.4) is 0 Å². The summed E-state index contributed by atoms with van der Waals surface area (Å²) in [5.41, 5.74) is 2.09. The lowest BCUT2D eigenvalue weighted by molar-refractivity contribution is -0.136. The predicted octanol–water partition coefficient (Wildman–Crippen LogP) is 2.02. The lowest BCUT2D eigenvalue weighted by atomic mass is 10.0. The normalized spacial score (nSPS) is 15.3. The van der Waals surface area contributed by atoms with Crippen LogP contribution in [-0.4, -0.2) is 63.7 Å². The molecule has 1 heterocycles. The Morgan fingerprint density at radius 1 is 1.07 bits per heavy atom. The molecule has 0 aromatic heterocycles. The maximum absolute atomic E-state index is 13.7. The number of amides is 2. The number of morpholine rings is 1. The van der Waals surface area contributed by atoms with Gasteiger partial charge < -0.3 is 20.3 Å². The highest BCUT2D eigenvalue weighted by Gasteiger charge is 2.25. The first-order valence-electron chi connectivity index (χ1n) is 9.88. The molecule has 1 saturated heterocycles. The minimum atomic E-state index is -0.899. The summed E-state index contributed by atoms with van der Waals surface area (Å²) >= 11 is 0. The molecule has 0 unspecified atom stereocenters. The van der Waals surface area contributed by atoms with Crippen LogP contribution >= 0.6 is 0 Å². The molecule has 7 nitrogen and oxygen atoms in total. The van der Waals surface area contributed by atoms with E-state index in [0.717, 1.165) is 24.3 Å². The zero-order valence-electron chi connectivity index (χ0n) is 17.2. The second-order valence-corrected chi connectivity index (χ2v) is 7.29. The molecule has 2 aromatic carbocycles. The fourth-order valence-corrected chi connectivity index (χ4v) is 3.35. The summed E-state index contributed by atoms with van der Waals surface area (Å²) < 4.78 is 19.2. The Bertz CT molecular complexity index is 867. The molecular formula is C22H27FN4O3. The second kappa shape index (κ2) is 10.2. The van der Waals surface area contributed by atoms with Crippen LogP contribution in [0.15, 0.2) is 48.5 Å². The van der Waals surface area contributed by atoms with Crippen LogP contribution < -0.4 is 15.5 Å². The van der Waals surface area contributed by atoms with Gasteiger partial charge in [0.15, 0.2) is 0 Å². The third-order valence-corrected chi connectivity index (χ3v) is 5.06. The number of ether oxygens (including phenoxy) is 1. The van der Waals surface area contributed by atoms with Gasteiger partial charge in [-0.1, -0.05) is 24.3 Å². The summed E-state index contributed by atoms with van der Waals surface area (Å²) in [4.78, 5) is 28.7. The highest BCUT2D eigenvalue weighted by molar-refractivity contribution is 6.39. The van der Waals surface area contributed by atoms with E-state index in [0.29, 0.717) is 13.2 Å². The van der Waals surface area contributed by atoms with E-state index in [9.17, 15) is 14.0 Å². The summed E-state index contributed by atoms with van der Waals surface area (Å²) in [5, 5.41) is 5.00. The quantitative estimate of drug-likeness (QED) is 0.708. The van der Waals surface area contributed by atoms with Gasteiger partial charge in [0.2, 0.25) is 0 Å². The Morgan fingerprint density at radius 2 is 1.73 bits per heavy atom. The summed E-state index contributed by atoms with van der Waals surface area (Å²) in [6.45, 7) is 2.96. The Kier molecular flexibility index (Phi) is 7.37. The number of para-hydroxylation sites is 1. The fraction of sp³-hybridized carbons (Fsp3) is 0.364. The topological polar surface area (TPSA) is 73.9 Å². The summed E-state index contributed by atoms with van der Waals surface area (Å²) in [6, 6.07) is 13.7. The van der Waals surface area contributed by atoms with E-state index >= 15 is 0 Å². The number of hydrogen-bond donors (Lipinski definition) is 2. The van der Waals surface area contributed by atoms with Gasteiger partial charge in [-0.3, -0.25) is 14.5 Å². The number of nitrogens with zero attached hydrogens (tertiary/aromatic N) is 2. The van der Waals surface area contributed by atoms with Gasteiger partial charge in [-0.25, -0.2) is 4.39 Å². The second-order valence-electron chi connectivity index (χ2n) is 7.29. The molecule has 1 fully saturated rings. The molecule has 0 spiro atoms. The van der Waals surface area contributed by atoms with Gasteiger partial charge in [-0.15, -0.1) is 0 Å². The first-order chi connectivity index (χ1) is 14.5. The fourth-order valence-electron chi connectivity index (χ4n) is 3.35. The van der Waals surface area contributed by atoms with Crippen molar-refractivity contribution in [3.05, 3.63) is 59.9 Å². The third-order valence-electron chi connectivity index (χ3n) is 5.06. The lowest BCUT2D eigenvalue weighted by Gasteiger charge is -2.35. The van der Waals surface area contributed by atoms with Gasteiger partial charge >= 0.3 is 11.8 Å². The van der Waals surface area contributed by atoms with Gasteiger partial charge in [0.25, 0.3) is 0 Å². The van der Waals surface area contributed by atoms with Crippen molar-refractivity contribution in [2.75, 3.05) is 57.2 Å². The Hall–Kier alpha value is -2.97. The van der Waals surface area contributed by atoms with E-state index in [-0.39, 0.29) is 18.3 Å². The van der Waals surface area contributed by atoms with Gasteiger partial charge in [0.05, 0.1) is 24.9 Å². The van der Waals surface area contributed by atoms with Crippen molar-refractivity contribution in [3.8, 4) is 0 Å². The number of carbonyl (C=O) groups is 2. The molecule has 0 radical (unpaired) electrons. The van der Waals surface area contributed by atoms with Crippen molar-refractivity contribution in [1.82, 2.24) is 10.2 Å². The van der Waals surface area contributed by atoms with Crippen molar-refractivity contribution in [2.45, 2.75) is 6.04 Å². The molecule has 1 aliphatic rings.